The molecule has 16 heavy (non-hydrogen) atoms. The summed E-state index contributed by atoms with van der Waals surface area (Å²) in [6.45, 7) is 7.29. The largest absolute Gasteiger partial charge is 0.257 e. The fraction of sp³-hybridized carbons (Fsp3) is 0.462. The first kappa shape index (κ1) is 11.2. The maximum Gasteiger partial charge on any atom is 0.135 e. The fourth-order valence-electron chi connectivity index (χ4n) is 2.24. The van der Waals surface area contributed by atoms with Gasteiger partial charge in [0, 0.05) is 28.3 Å². The van der Waals surface area contributed by atoms with Gasteiger partial charge in [0.25, 0.3) is 0 Å². The summed E-state index contributed by atoms with van der Waals surface area (Å²) in [5, 5.41) is 0. The molecule has 0 bridgehead atoms. The average molecular weight is 223 g/mol. The molecule has 1 heterocycles. The minimum absolute atomic E-state index is 0.0864. The highest BCUT2D eigenvalue weighted by Crippen LogP contribution is 2.45. The number of rotatable bonds is 1. The van der Waals surface area contributed by atoms with Gasteiger partial charge in [0.05, 0.1) is 5.69 Å². The zero-order chi connectivity index (χ0) is 12.1. The number of nitrogens with zero attached hydrogens (tertiary/aromatic N) is 1. The Bertz CT molecular complexity index is 491. The van der Waals surface area contributed by atoms with Crippen molar-refractivity contribution < 1.29 is 8.78 Å². The van der Waals surface area contributed by atoms with Crippen molar-refractivity contribution in [3.8, 4) is 0 Å². The van der Waals surface area contributed by atoms with Gasteiger partial charge in [-0.25, -0.2) is 8.78 Å². The molecule has 0 aromatic heterocycles. The number of halogens is 2. The van der Waals surface area contributed by atoms with E-state index >= 15 is 0 Å². The highest BCUT2D eigenvalue weighted by atomic mass is 19.1. The van der Waals surface area contributed by atoms with Gasteiger partial charge in [-0.2, -0.15) is 0 Å². The van der Waals surface area contributed by atoms with Crippen LogP contribution in [0.1, 0.15) is 38.3 Å². The van der Waals surface area contributed by atoms with Crippen LogP contribution in [0.3, 0.4) is 0 Å². The average Bonchev–Trinajstić information content (AvgIpc) is 2.49. The summed E-state index contributed by atoms with van der Waals surface area (Å²) in [7, 11) is 0. The summed E-state index contributed by atoms with van der Waals surface area (Å²) in [5.41, 5.74) is 1.55. The molecule has 0 spiro atoms. The van der Waals surface area contributed by atoms with Crippen LogP contribution < -0.4 is 0 Å². The Kier molecular flexibility index (Phi) is 2.37. The summed E-state index contributed by atoms with van der Waals surface area (Å²) in [6.07, 6.45) is 0.761. The van der Waals surface area contributed by atoms with Crippen molar-refractivity contribution in [3.63, 3.8) is 0 Å². The summed E-state index contributed by atoms with van der Waals surface area (Å²) in [5.74, 6) is -0.965. The standard InChI is InChI=1S/C13H15F2N/c1-5-13(4)8(3)16-10-6-9(14)7(2)12(15)11(10)13/h6H,5H2,1-4H3. The van der Waals surface area contributed by atoms with Crippen molar-refractivity contribution in [2.45, 2.75) is 39.5 Å². The fourth-order valence-corrected chi connectivity index (χ4v) is 2.24. The summed E-state index contributed by atoms with van der Waals surface area (Å²) in [4.78, 5) is 4.28. The van der Waals surface area contributed by atoms with Crippen LogP contribution in [-0.4, -0.2) is 5.71 Å². The lowest BCUT2D eigenvalue weighted by Crippen LogP contribution is -2.27. The van der Waals surface area contributed by atoms with Crippen molar-refractivity contribution in [2.24, 2.45) is 4.99 Å². The smallest absolute Gasteiger partial charge is 0.135 e. The van der Waals surface area contributed by atoms with E-state index in [2.05, 4.69) is 4.99 Å². The lowest BCUT2D eigenvalue weighted by Gasteiger charge is -2.25. The van der Waals surface area contributed by atoms with Gasteiger partial charge in [-0.1, -0.05) is 13.8 Å². The highest BCUT2D eigenvalue weighted by molar-refractivity contribution is 6.00. The van der Waals surface area contributed by atoms with E-state index < -0.39 is 17.0 Å². The minimum atomic E-state index is -0.520. The molecule has 1 aliphatic rings. The van der Waals surface area contributed by atoms with Gasteiger partial charge in [0.15, 0.2) is 0 Å². The number of fused-ring (bicyclic) bond motifs is 1. The third-order valence-corrected chi connectivity index (χ3v) is 3.77. The van der Waals surface area contributed by atoms with E-state index in [1.54, 1.807) is 0 Å². The van der Waals surface area contributed by atoms with Crippen LogP contribution in [0.2, 0.25) is 0 Å². The second kappa shape index (κ2) is 3.37. The molecule has 0 aliphatic carbocycles. The van der Waals surface area contributed by atoms with Gasteiger partial charge in [0.1, 0.15) is 11.6 Å². The maximum absolute atomic E-state index is 14.1. The van der Waals surface area contributed by atoms with E-state index in [-0.39, 0.29) is 5.56 Å². The van der Waals surface area contributed by atoms with Crippen molar-refractivity contribution in [3.05, 3.63) is 28.8 Å². The van der Waals surface area contributed by atoms with Crippen molar-refractivity contribution in [1.82, 2.24) is 0 Å². The zero-order valence-electron chi connectivity index (χ0n) is 9.99. The molecule has 1 nitrogen and oxygen atoms in total. The molecule has 1 aromatic carbocycles. The van der Waals surface area contributed by atoms with Gasteiger partial charge in [-0.3, -0.25) is 4.99 Å². The van der Waals surface area contributed by atoms with E-state index in [0.717, 1.165) is 12.1 Å². The summed E-state index contributed by atoms with van der Waals surface area (Å²) < 4.78 is 27.5. The Morgan fingerprint density at radius 2 is 1.94 bits per heavy atom. The minimum Gasteiger partial charge on any atom is -0.257 e. The molecule has 86 valence electrons. The third-order valence-electron chi connectivity index (χ3n) is 3.77. The predicted molar refractivity (Wildman–Crippen MR) is 61.5 cm³/mol. The van der Waals surface area contributed by atoms with Gasteiger partial charge in [-0.15, -0.1) is 0 Å². The van der Waals surface area contributed by atoms with Gasteiger partial charge >= 0.3 is 0 Å². The Labute approximate surface area is 94.2 Å². The molecule has 0 saturated carbocycles. The Morgan fingerprint density at radius 3 is 2.50 bits per heavy atom. The maximum atomic E-state index is 14.1. The molecule has 1 aromatic rings. The second-order valence-corrected chi connectivity index (χ2v) is 4.57. The Hall–Kier alpha value is -1.25. The molecule has 0 radical (unpaired) electrons. The first-order valence-corrected chi connectivity index (χ1v) is 5.46. The first-order valence-electron chi connectivity index (χ1n) is 5.46. The van der Waals surface area contributed by atoms with E-state index in [1.165, 1.54) is 13.0 Å². The second-order valence-electron chi connectivity index (χ2n) is 4.57. The number of hydrogen-bond acceptors (Lipinski definition) is 1. The van der Waals surface area contributed by atoms with E-state index in [0.29, 0.717) is 11.3 Å². The zero-order valence-corrected chi connectivity index (χ0v) is 9.99. The molecule has 2 rings (SSSR count). The van der Waals surface area contributed by atoms with Gasteiger partial charge in [-0.05, 0) is 20.3 Å². The topological polar surface area (TPSA) is 12.4 Å². The van der Waals surface area contributed by atoms with Crippen LogP contribution in [-0.2, 0) is 5.41 Å². The highest BCUT2D eigenvalue weighted by Gasteiger charge is 2.39. The summed E-state index contributed by atoms with van der Waals surface area (Å²) in [6, 6.07) is 1.33. The van der Waals surface area contributed by atoms with Crippen molar-refractivity contribution >= 4 is 11.4 Å². The number of aliphatic imine (C=N–C) groups is 1. The van der Waals surface area contributed by atoms with Crippen LogP contribution in [0.15, 0.2) is 11.1 Å². The SMILES string of the molecule is CCC1(C)C(C)=Nc2cc(F)c(C)c(F)c21. The molecule has 1 atom stereocenters. The van der Waals surface area contributed by atoms with Gasteiger partial charge in [0.2, 0.25) is 0 Å². The Morgan fingerprint density at radius 1 is 1.31 bits per heavy atom. The molecule has 1 aliphatic heterocycles. The molecule has 0 amide bonds. The summed E-state index contributed by atoms with van der Waals surface area (Å²) >= 11 is 0. The van der Waals surface area contributed by atoms with Gasteiger partial charge < -0.3 is 0 Å². The predicted octanol–water partition coefficient (Wildman–Crippen LogP) is 4.05. The van der Waals surface area contributed by atoms with Crippen LogP contribution in [0, 0.1) is 18.6 Å². The van der Waals surface area contributed by atoms with Crippen LogP contribution in [0.5, 0.6) is 0 Å². The molecule has 1 unspecified atom stereocenters. The number of hydrogen-bond donors (Lipinski definition) is 0. The lowest BCUT2D eigenvalue weighted by atomic mass is 9.77. The van der Waals surface area contributed by atoms with Crippen LogP contribution >= 0.6 is 0 Å². The molecule has 3 heteroatoms. The van der Waals surface area contributed by atoms with E-state index in [9.17, 15) is 8.78 Å². The molecular weight excluding hydrogens is 208 g/mol. The van der Waals surface area contributed by atoms with Crippen LogP contribution in [0.4, 0.5) is 14.5 Å². The van der Waals surface area contributed by atoms with Crippen LogP contribution in [0.25, 0.3) is 0 Å². The molecule has 0 N–H and O–H groups in total. The third kappa shape index (κ3) is 1.24. The first-order chi connectivity index (χ1) is 7.41. The van der Waals surface area contributed by atoms with E-state index in [1.807, 2.05) is 20.8 Å². The monoisotopic (exact) mass is 223 g/mol. The quantitative estimate of drug-likeness (QED) is 0.681. The van der Waals surface area contributed by atoms with E-state index in [4.69, 9.17) is 0 Å². The molecule has 0 saturated heterocycles. The number of benzene rings is 1. The van der Waals surface area contributed by atoms with Crippen molar-refractivity contribution in [2.75, 3.05) is 0 Å². The Balaban J connectivity index is 2.77. The molecule has 0 fully saturated rings. The molecular formula is C13H15F2N. The lowest BCUT2D eigenvalue weighted by molar-refractivity contribution is 0.523. The normalized spacial score (nSPS) is 23.2. The van der Waals surface area contributed by atoms with Crippen molar-refractivity contribution in [1.29, 1.82) is 0 Å².